The van der Waals surface area contributed by atoms with Gasteiger partial charge in [-0.05, 0) is 49.6 Å². The van der Waals surface area contributed by atoms with Gasteiger partial charge in [0.1, 0.15) is 5.75 Å². The molecule has 1 aromatic carbocycles. The van der Waals surface area contributed by atoms with Gasteiger partial charge in [-0.25, -0.2) is 0 Å². The lowest BCUT2D eigenvalue weighted by atomic mass is 10.2. The number of hydrogen-bond acceptors (Lipinski definition) is 3. The van der Waals surface area contributed by atoms with Gasteiger partial charge in [0, 0.05) is 12.6 Å². The van der Waals surface area contributed by atoms with Crippen molar-refractivity contribution in [2.24, 2.45) is 5.73 Å². The number of ether oxygens (including phenoxy) is 1. The summed E-state index contributed by atoms with van der Waals surface area (Å²) in [6.07, 6.45) is 0. The molecule has 0 fully saturated rings. The highest BCUT2D eigenvalue weighted by molar-refractivity contribution is 9.11. The molecule has 0 aliphatic heterocycles. The topological polar surface area (TPSA) is 64.3 Å². The molecule has 0 aromatic heterocycles. The van der Waals surface area contributed by atoms with Crippen LogP contribution in [0.5, 0.6) is 5.75 Å². The lowest BCUT2D eigenvalue weighted by Gasteiger charge is -2.13. The van der Waals surface area contributed by atoms with Gasteiger partial charge in [0.2, 0.25) is 0 Å². The predicted molar refractivity (Wildman–Crippen MR) is 85.8 cm³/mol. The summed E-state index contributed by atoms with van der Waals surface area (Å²) in [5.41, 5.74) is 6.17. The second-order valence-corrected chi connectivity index (χ2v) is 5.89. The van der Waals surface area contributed by atoms with Gasteiger partial charge in [-0.3, -0.25) is 4.79 Å². The van der Waals surface area contributed by atoms with E-state index in [2.05, 4.69) is 51.0 Å². The quantitative estimate of drug-likeness (QED) is 0.749. The third-order valence-corrected chi connectivity index (χ3v) is 3.31. The standard InChI is InChI=1S/C12H16Br2N2O2.ClH/c1-7(2)16-5-8-3-9(13)12(10(14)4-8)18-6-11(15)17;/h3-4,7,16H,5-6H2,1-2H3,(H2,15,17);1H. The van der Waals surface area contributed by atoms with Gasteiger partial charge in [0.05, 0.1) is 8.95 Å². The molecular formula is C12H17Br2ClN2O2. The van der Waals surface area contributed by atoms with Gasteiger partial charge in [0.15, 0.2) is 6.61 Å². The SMILES string of the molecule is CC(C)NCc1cc(Br)c(OCC(N)=O)c(Br)c1.Cl. The molecule has 1 amide bonds. The van der Waals surface area contributed by atoms with Gasteiger partial charge >= 0.3 is 0 Å². The van der Waals surface area contributed by atoms with Crippen LogP contribution in [0.15, 0.2) is 21.1 Å². The summed E-state index contributed by atoms with van der Waals surface area (Å²) in [4.78, 5) is 10.7. The van der Waals surface area contributed by atoms with Crippen molar-refractivity contribution in [2.45, 2.75) is 26.4 Å². The van der Waals surface area contributed by atoms with Crippen molar-refractivity contribution in [1.29, 1.82) is 0 Å². The summed E-state index contributed by atoms with van der Waals surface area (Å²) in [5, 5.41) is 3.33. The van der Waals surface area contributed by atoms with Gasteiger partial charge in [0.25, 0.3) is 5.91 Å². The maximum atomic E-state index is 10.7. The zero-order chi connectivity index (χ0) is 13.7. The van der Waals surface area contributed by atoms with Crippen LogP contribution >= 0.6 is 44.3 Å². The molecule has 3 N–H and O–H groups in total. The van der Waals surface area contributed by atoms with E-state index in [1.807, 2.05) is 12.1 Å². The first-order valence-corrected chi connectivity index (χ1v) is 7.11. The van der Waals surface area contributed by atoms with E-state index < -0.39 is 5.91 Å². The number of carbonyl (C=O) groups excluding carboxylic acids is 1. The molecule has 0 atom stereocenters. The molecule has 0 radical (unpaired) electrons. The fourth-order valence-electron chi connectivity index (χ4n) is 1.32. The summed E-state index contributed by atoms with van der Waals surface area (Å²) in [6.45, 7) is 4.81. The Balaban J connectivity index is 0.00000324. The van der Waals surface area contributed by atoms with Crippen molar-refractivity contribution in [3.8, 4) is 5.75 Å². The van der Waals surface area contributed by atoms with Crippen LogP contribution in [0.1, 0.15) is 19.4 Å². The van der Waals surface area contributed by atoms with E-state index in [4.69, 9.17) is 10.5 Å². The molecule has 0 unspecified atom stereocenters. The summed E-state index contributed by atoms with van der Waals surface area (Å²) in [5.74, 6) is 0.0847. The average Bonchev–Trinajstić information content (AvgIpc) is 2.24. The molecule has 0 saturated carbocycles. The van der Waals surface area contributed by atoms with Crippen LogP contribution in [0.4, 0.5) is 0 Å². The minimum atomic E-state index is -0.501. The van der Waals surface area contributed by atoms with Crippen LogP contribution in [0.3, 0.4) is 0 Å². The van der Waals surface area contributed by atoms with Crippen molar-refractivity contribution in [3.05, 3.63) is 26.6 Å². The highest BCUT2D eigenvalue weighted by Crippen LogP contribution is 2.34. The normalized spacial score (nSPS) is 10.2. The number of rotatable bonds is 6. The Morgan fingerprint density at radius 1 is 1.37 bits per heavy atom. The van der Waals surface area contributed by atoms with Gasteiger partial charge in [-0.2, -0.15) is 0 Å². The van der Waals surface area contributed by atoms with Crippen molar-refractivity contribution in [3.63, 3.8) is 0 Å². The second-order valence-electron chi connectivity index (χ2n) is 4.18. The Hall–Kier alpha value is -0.300. The smallest absolute Gasteiger partial charge is 0.255 e. The molecule has 7 heteroatoms. The molecule has 4 nitrogen and oxygen atoms in total. The number of benzene rings is 1. The van der Waals surface area contributed by atoms with E-state index in [0.29, 0.717) is 11.8 Å². The number of primary amides is 1. The van der Waals surface area contributed by atoms with Crippen molar-refractivity contribution in [2.75, 3.05) is 6.61 Å². The fourth-order valence-corrected chi connectivity index (χ4v) is 2.83. The van der Waals surface area contributed by atoms with Crippen LogP contribution in [0.25, 0.3) is 0 Å². The molecule has 0 aliphatic carbocycles. The van der Waals surface area contributed by atoms with E-state index >= 15 is 0 Å². The van der Waals surface area contributed by atoms with Crippen LogP contribution in [0, 0.1) is 0 Å². The molecule has 0 saturated heterocycles. The van der Waals surface area contributed by atoms with Crippen molar-refractivity contribution < 1.29 is 9.53 Å². The van der Waals surface area contributed by atoms with Gasteiger partial charge < -0.3 is 15.8 Å². The fraction of sp³-hybridized carbons (Fsp3) is 0.417. The summed E-state index contributed by atoms with van der Waals surface area (Å²) in [7, 11) is 0. The summed E-state index contributed by atoms with van der Waals surface area (Å²) < 4.78 is 6.90. The number of nitrogens with one attached hydrogen (secondary N) is 1. The largest absolute Gasteiger partial charge is 0.481 e. The molecule has 1 aromatic rings. The van der Waals surface area contributed by atoms with Gasteiger partial charge in [-0.15, -0.1) is 12.4 Å². The van der Waals surface area contributed by atoms with Crippen molar-refractivity contribution >= 4 is 50.2 Å². The number of hydrogen-bond donors (Lipinski definition) is 2. The first kappa shape index (κ1) is 18.7. The van der Waals surface area contributed by atoms with E-state index in [0.717, 1.165) is 21.1 Å². The first-order valence-electron chi connectivity index (χ1n) is 5.52. The number of nitrogens with two attached hydrogens (primary N) is 1. The van der Waals surface area contributed by atoms with E-state index in [1.165, 1.54) is 0 Å². The molecule has 0 spiro atoms. The minimum Gasteiger partial charge on any atom is -0.481 e. The van der Waals surface area contributed by atoms with E-state index in [9.17, 15) is 4.79 Å². The number of carbonyl (C=O) groups is 1. The highest BCUT2D eigenvalue weighted by atomic mass is 79.9. The van der Waals surface area contributed by atoms with E-state index in [-0.39, 0.29) is 19.0 Å². The molecule has 0 aliphatic rings. The Morgan fingerprint density at radius 2 is 1.89 bits per heavy atom. The van der Waals surface area contributed by atoms with Crippen LogP contribution in [0.2, 0.25) is 0 Å². The summed E-state index contributed by atoms with van der Waals surface area (Å²) >= 11 is 6.84. The summed E-state index contributed by atoms with van der Waals surface area (Å²) in [6, 6.07) is 4.33. The number of halogens is 3. The maximum absolute atomic E-state index is 10.7. The third kappa shape index (κ3) is 6.61. The van der Waals surface area contributed by atoms with E-state index in [1.54, 1.807) is 0 Å². The Labute approximate surface area is 136 Å². The van der Waals surface area contributed by atoms with Crippen molar-refractivity contribution in [1.82, 2.24) is 5.32 Å². The third-order valence-electron chi connectivity index (χ3n) is 2.13. The molecule has 0 heterocycles. The molecule has 1 rings (SSSR count). The molecule has 19 heavy (non-hydrogen) atoms. The first-order chi connectivity index (χ1) is 8.40. The maximum Gasteiger partial charge on any atom is 0.255 e. The molecule has 0 bridgehead atoms. The number of amides is 1. The lowest BCUT2D eigenvalue weighted by Crippen LogP contribution is -2.22. The monoisotopic (exact) mass is 414 g/mol. The van der Waals surface area contributed by atoms with Crippen LogP contribution in [-0.4, -0.2) is 18.6 Å². The van der Waals surface area contributed by atoms with Crippen LogP contribution < -0.4 is 15.8 Å². The minimum absolute atomic E-state index is 0. The Bertz CT molecular complexity index is 419. The van der Waals surface area contributed by atoms with Gasteiger partial charge in [-0.1, -0.05) is 13.8 Å². The highest BCUT2D eigenvalue weighted by Gasteiger charge is 2.10. The lowest BCUT2D eigenvalue weighted by molar-refractivity contribution is -0.119. The Morgan fingerprint density at radius 3 is 2.32 bits per heavy atom. The second kappa shape index (κ2) is 8.79. The zero-order valence-corrected chi connectivity index (χ0v) is 14.7. The van der Waals surface area contributed by atoms with Crippen LogP contribution in [-0.2, 0) is 11.3 Å². The molecular weight excluding hydrogens is 399 g/mol. The Kier molecular flexibility index (Phi) is 8.65. The zero-order valence-electron chi connectivity index (χ0n) is 10.7. The average molecular weight is 417 g/mol. The molecule has 108 valence electrons. The predicted octanol–water partition coefficient (Wildman–Crippen LogP) is 3.00.